The minimum Gasteiger partial charge on any atom is -0.356 e. The lowest BCUT2D eigenvalue weighted by Gasteiger charge is -2.08. The standard InChI is InChI=1S/C18H16N2OS/c1-13-11-12-22-17(13)18(21)20-16-9-7-15(8-10-16)19-14-5-3-2-4-6-14/h2-12,19H,1H3,(H,20,21). The number of carbonyl (C=O) groups is 1. The van der Waals surface area contributed by atoms with Gasteiger partial charge in [-0.05, 0) is 60.3 Å². The molecule has 3 aromatic rings. The van der Waals surface area contributed by atoms with Crippen LogP contribution in [0.25, 0.3) is 0 Å². The number of para-hydroxylation sites is 1. The summed E-state index contributed by atoms with van der Waals surface area (Å²) >= 11 is 1.46. The van der Waals surface area contributed by atoms with Gasteiger partial charge in [0, 0.05) is 17.1 Å². The maximum Gasteiger partial charge on any atom is 0.265 e. The first-order chi connectivity index (χ1) is 10.7. The molecule has 0 saturated heterocycles. The van der Waals surface area contributed by atoms with Crippen LogP contribution in [0, 0.1) is 6.92 Å². The van der Waals surface area contributed by atoms with E-state index in [1.54, 1.807) is 0 Å². The van der Waals surface area contributed by atoms with Crippen LogP contribution in [0.1, 0.15) is 15.2 Å². The number of carbonyl (C=O) groups excluding carboxylic acids is 1. The predicted octanol–water partition coefficient (Wildman–Crippen LogP) is 5.05. The van der Waals surface area contributed by atoms with E-state index in [4.69, 9.17) is 0 Å². The molecule has 0 unspecified atom stereocenters. The molecule has 0 atom stereocenters. The van der Waals surface area contributed by atoms with Crippen LogP contribution in [0.5, 0.6) is 0 Å². The first-order valence-electron chi connectivity index (χ1n) is 7.00. The predicted molar refractivity (Wildman–Crippen MR) is 93.2 cm³/mol. The summed E-state index contributed by atoms with van der Waals surface area (Å²) in [5, 5.41) is 8.16. The third kappa shape index (κ3) is 3.35. The zero-order chi connectivity index (χ0) is 15.4. The second kappa shape index (κ2) is 6.45. The molecule has 0 aliphatic rings. The van der Waals surface area contributed by atoms with E-state index in [9.17, 15) is 4.79 Å². The lowest BCUT2D eigenvalue weighted by atomic mass is 10.2. The SMILES string of the molecule is Cc1ccsc1C(=O)Nc1ccc(Nc2ccccc2)cc1. The molecule has 2 N–H and O–H groups in total. The van der Waals surface area contributed by atoms with Gasteiger partial charge in [-0.15, -0.1) is 11.3 Å². The molecule has 0 aliphatic carbocycles. The first-order valence-corrected chi connectivity index (χ1v) is 7.88. The molecule has 1 aromatic heterocycles. The van der Waals surface area contributed by atoms with E-state index in [1.165, 1.54) is 11.3 Å². The number of benzene rings is 2. The van der Waals surface area contributed by atoms with E-state index in [0.29, 0.717) is 0 Å². The summed E-state index contributed by atoms with van der Waals surface area (Å²) in [4.78, 5) is 12.9. The van der Waals surface area contributed by atoms with Gasteiger partial charge in [-0.3, -0.25) is 4.79 Å². The van der Waals surface area contributed by atoms with Gasteiger partial charge in [0.15, 0.2) is 0 Å². The number of hydrogen-bond acceptors (Lipinski definition) is 3. The summed E-state index contributed by atoms with van der Waals surface area (Å²) in [5.74, 6) is -0.0590. The second-order valence-electron chi connectivity index (χ2n) is 4.96. The molecular formula is C18H16N2OS. The van der Waals surface area contributed by atoms with Crippen molar-refractivity contribution in [2.24, 2.45) is 0 Å². The number of amides is 1. The molecule has 4 heteroatoms. The fourth-order valence-electron chi connectivity index (χ4n) is 2.12. The average Bonchev–Trinajstić information content (AvgIpc) is 2.96. The van der Waals surface area contributed by atoms with Gasteiger partial charge in [0.25, 0.3) is 5.91 Å². The molecule has 3 nitrogen and oxygen atoms in total. The lowest BCUT2D eigenvalue weighted by Crippen LogP contribution is -2.11. The maximum absolute atomic E-state index is 12.2. The van der Waals surface area contributed by atoms with Gasteiger partial charge >= 0.3 is 0 Å². The van der Waals surface area contributed by atoms with Gasteiger partial charge in [0.2, 0.25) is 0 Å². The monoisotopic (exact) mass is 308 g/mol. The molecule has 3 rings (SSSR count). The third-order valence-electron chi connectivity index (χ3n) is 3.27. The van der Waals surface area contributed by atoms with Crippen LogP contribution >= 0.6 is 11.3 Å². The molecule has 110 valence electrons. The van der Waals surface area contributed by atoms with Crippen molar-refractivity contribution >= 4 is 34.3 Å². The molecule has 1 amide bonds. The molecule has 0 radical (unpaired) electrons. The van der Waals surface area contributed by atoms with Crippen LogP contribution in [-0.4, -0.2) is 5.91 Å². The molecule has 2 aromatic carbocycles. The zero-order valence-electron chi connectivity index (χ0n) is 12.2. The summed E-state index contributed by atoms with van der Waals surface area (Å²) in [7, 11) is 0. The Morgan fingerprint density at radius 2 is 1.50 bits per heavy atom. The minimum atomic E-state index is -0.0590. The third-order valence-corrected chi connectivity index (χ3v) is 4.29. The van der Waals surface area contributed by atoms with Gasteiger partial charge in [0.1, 0.15) is 0 Å². The van der Waals surface area contributed by atoms with Gasteiger partial charge in [0.05, 0.1) is 4.88 Å². The molecule has 0 spiro atoms. The number of aryl methyl sites for hydroxylation is 1. The number of rotatable bonds is 4. The fourth-order valence-corrected chi connectivity index (χ4v) is 2.94. The Morgan fingerprint density at radius 1 is 0.864 bits per heavy atom. The highest BCUT2D eigenvalue weighted by atomic mass is 32.1. The molecular weight excluding hydrogens is 292 g/mol. The Hall–Kier alpha value is -2.59. The summed E-state index contributed by atoms with van der Waals surface area (Å²) < 4.78 is 0. The molecule has 22 heavy (non-hydrogen) atoms. The van der Waals surface area contributed by atoms with Crippen molar-refractivity contribution in [1.29, 1.82) is 0 Å². The Bertz CT molecular complexity index is 763. The van der Waals surface area contributed by atoms with Crippen LogP contribution in [0.4, 0.5) is 17.1 Å². The minimum absolute atomic E-state index is 0.0590. The molecule has 0 saturated carbocycles. The van der Waals surface area contributed by atoms with Gasteiger partial charge in [-0.2, -0.15) is 0 Å². The second-order valence-corrected chi connectivity index (χ2v) is 5.87. The van der Waals surface area contributed by atoms with Crippen LogP contribution < -0.4 is 10.6 Å². The van der Waals surface area contributed by atoms with E-state index in [0.717, 1.165) is 27.5 Å². The molecule has 0 bridgehead atoms. The van der Waals surface area contributed by atoms with E-state index < -0.39 is 0 Å². The zero-order valence-corrected chi connectivity index (χ0v) is 13.0. The molecule has 0 fully saturated rings. The van der Waals surface area contributed by atoms with Crippen LogP contribution in [0.3, 0.4) is 0 Å². The molecule has 1 heterocycles. The van der Waals surface area contributed by atoms with Crippen LogP contribution in [0.15, 0.2) is 66.0 Å². The highest BCUT2D eigenvalue weighted by Gasteiger charge is 2.10. The fraction of sp³-hybridized carbons (Fsp3) is 0.0556. The highest BCUT2D eigenvalue weighted by Crippen LogP contribution is 2.21. The topological polar surface area (TPSA) is 41.1 Å². The van der Waals surface area contributed by atoms with E-state index in [1.807, 2.05) is 73.0 Å². The average molecular weight is 308 g/mol. The van der Waals surface area contributed by atoms with Crippen LogP contribution in [-0.2, 0) is 0 Å². The van der Waals surface area contributed by atoms with Crippen molar-refractivity contribution in [3.63, 3.8) is 0 Å². The van der Waals surface area contributed by atoms with Gasteiger partial charge < -0.3 is 10.6 Å². The van der Waals surface area contributed by atoms with Crippen molar-refractivity contribution < 1.29 is 4.79 Å². The van der Waals surface area contributed by atoms with Crippen molar-refractivity contribution in [2.45, 2.75) is 6.92 Å². The largest absolute Gasteiger partial charge is 0.356 e. The lowest BCUT2D eigenvalue weighted by molar-refractivity contribution is 0.103. The number of hydrogen-bond donors (Lipinski definition) is 2. The van der Waals surface area contributed by atoms with E-state index >= 15 is 0 Å². The quantitative estimate of drug-likeness (QED) is 0.708. The van der Waals surface area contributed by atoms with Crippen LogP contribution in [0.2, 0.25) is 0 Å². The van der Waals surface area contributed by atoms with Crippen molar-refractivity contribution in [1.82, 2.24) is 0 Å². The first kappa shape index (κ1) is 14.4. The smallest absolute Gasteiger partial charge is 0.265 e. The Balaban J connectivity index is 1.67. The maximum atomic E-state index is 12.2. The van der Waals surface area contributed by atoms with Gasteiger partial charge in [-0.1, -0.05) is 18.2 Å². The summed E-state index contributed by atoms with van der Waals surface area (Å²) in [6.07, 6.45) is 0. The molecule has 0 aliphatic heterocycles. The van der Waals surface area contributed by atoms with E-state index in [-0.39, 0.29) is 5.91 Å². The normalized spacial score (nSPS) is 10.2. The Kier molecular flexibility index (Phi) is 4.21. The van der Waals surface area contributed by atoms with E-state index in [2.05, 4.69) is 10.6 Å². The highest BCUT2D eigenvalue weighted by molar-refractivity contribution is 7.12. The van der Waals surface area contributed by atoms with Gasteiger partial charge in [-0.25, -0.2) is 0 Å². The summed E-state index contributed by atoms with van der Waals surface area (Å²) in [5.41, 5.74) is 3.81. The summed E-state index contributed by atoms with van der Waals surface area (Å²) in [6, 6.07) is 19.6. The summed E-state index contributed by atoms with van der Waals surface area (Å²) in [6.45, 7) is 1.94. The number of thiophene rings is 1. The number of nitrogens with one attached hydrogen (secondary N) is 2. The van der Waals surface area contributed by atoms with Crippen molar-refractivity contribution in [3.05, 3.63) is 76.5 Å². The van der Waals surface area contributed by atoms with Crippen molar-refractivity contribution in [2.75, 3.05) is 10.6 Å². The van der Waals surface area contributed by atoms with Crippen molar-refractivity contribution in [3.8, 4) is 0 Å². The Morgan fingerprint density at radius 3 is 2.14 bits per heavy atom. The number of anilines is 3. The Labute approximate surface area is 133 Å².